The van der Waals surface area contributed by atoms with Crippen LogP contribution in [0.1, 0.15) is 0 Å². The van der Waals surface area contributed by atoms with Gasteiger partial charge in [0.25, 0.3) is 0 Å². The first-order valence-corrected chi connectivity index (χ1v) is 10.7. The molecule has 0 atom stereocenters. The Bertz CT molecular complexity index is 1450. The molecule has 0 spiro atoms. The average Bonchev–Trinajstić information content (AvgIpc) is 3.73. The second-order valence-corrected chi connectivity index (χ2v) is 7.47. The molecule has 0 bridgehead atoms. The van der Waals surface area contributed by atoms with Crippen LogP contribution < -0.4 is 11.1 Å². The van der Waals surface area contributed by atoms with Gasteiger partial charge in [0.2, 0.25) is 0 Å². The molecule has 0 aliphatic rings. The van der Waals surface area contributed by atoms with Crippen LogP contribution in [-0.2, 0) is 0 Å². The van der Waals surface area contributed by atoms with Crippen LogP contribution in [0.4, 0.5) is 5.69 Å². The minimum atomic E-state index is 0.763. The summed E-state index contributed by atoms with van der Waals surface area (Å²) in [6, 6.07) is 0. The van der Waals surface area contributed by atoms with Crippen LogP contribution in [0.15, 0.2) is 106 Å². The third kappa shape index (κ3) is 3.36. The lowest BCUT2D eigenvalue weighted by Gasteiger charge is -2.27. The Kier molecular flexibility index (Phi) is 4.92. The third-order valence-corrected chi connectivity index (χ3v) is 5.51. The van der Waals surface area contributed by atoms with Crippen molar-refractivity contribution in [2.24, 2.45) is 5.73 Å². The minimum Gasteiger partial charge on any atom is -0.403 e. The number of benzene rings is 1. The van der Waals surface area contributed by atoms with E-state index in [2.05, 4.69) is 30.2 Å². The van der Waals surface area contributed by atoms with Crippen LogP contribution in [0.25, 0.3) is 28.4 Å². The van der Waals surface area contributed by atoms with E-state index in [0.717, 1.165) is 34.1 Å². The molecular weight excluding hydrogens is 444 g/mol. The van der Waals surface area contributed by atoms with Gasteiger partial charge in [-0.15, -0.1) is 0 Å². The number of anilines is 1. The van der Waals surface area contributed by atoms with E-state index in [-0.39, 0.29) is 0 Å². The summed E-state index contributed by atoms with van der Waals surface area (Å²) in [6.45, 7) is 0. The van der Waals surface area contributed by atoms with Crippen LogP contribution in [0.5, 0.6) is 0 Å². The van der Waals surface area contributed by atoms with Gasteiger partial charge in [0, 0.05) is 74.4 Å². The van der Waals surface area contributed by atoms with Crippen molar-refractivity contribution in [1.29, 1.82) is 0 Å². The molecule has 0 aliphatic carbocycles. The first-order chi connectivity index (χ1) is 17.4. The smallest absolute Gasteiger partial charge is 0.0994 e. The molecule has 3 N–H and O–H groups in total. The summed E-state index contributed by atoms with van der Waals surface area (Å²) >= 11 is 0. The highest BCUT2D eigenvalue weighted by Crippen LogP contribution is 2.43. The lowest BCUT2D eigenvalue weighted by atomic mass is 10.1. The molecule has 0 saturated carbocycles. The summed E-state index contributed by atoms with van der Waals surface area (Å²) in [4.78, 5) is 21.6. The van der Waals surface area contributed by atoms with Crippen molar-refractivity contribution in [3.63, 3.8) is 0 Å². The number of hydrogen-bond acceptors (Lipinski definition) is 7. The summed E-state index contributed by atoms with van der Waals surface area (Å²) in [7, 11) is 0. The Morgan fingerprint density at radius 3 is 1.11 bits per heavy atom. The molecule has 5 aromatic heterocycles. The van der Waals surface area contributed by atoms with Crippen LogP contribution in [-0.4, -0.2) is 47.8 Å². The molecule has 12 heteroatoms. The number of hydrogen-bond donors (Lipinski definition) is 2. The second kappa shape index (κ2) is 8.51. The summed E-state index contributed by atoms with van der Waals surface area (Å²) < 4.78 is 9.77. The molecule has 172 valence electrons. The first kappa shape index (κ1) is 20.2. The summed E-state index contributed by atoms with van der Waals surface area (Å²) in [5.74, 6) is 0. The lowest BCUT2D eigenvalue weighted by Crippen LogP contribution is -2.17. The number of aromatic nitrogens is 10. The molecule has 0 saturated heterocycles. The van der Waals surface area contributed by atoms with Gasteiger partial charge >= 0.3 is 0 Å². The monoisotopic (exact) mass is 464 g/mol. The highest BCUT2D eigenvalue weighted by molar-refractivity contribution is 5.92. The van der Waals surface area contributed by atoms with Gasteiger partial charge in [0.15, 0.2) is 0 Å². The predicted octanol–water partition coefficient (Wildman–Crippen LogP) is 2.46. The van der Waals surface area contributed by atoms with E-state index in [1.54, 1.807) is 68.8 Å². The topological polar surface area (TPSA) is 127 Å². The fraction of sp³-hybridized carbons (Fsp3) is 0. The van der Waals surface area contributed by atoms with Crippen molar-refractivity contribution in [3.8, 4) is 28.4 Å². The zero-order valence-electron chi connectivity index (χ0n) is 18.4. The number of nitrogens with two attached hydrogens (primary N) is 1. The molecule has 35 heavy (non-hydrogen) atoms. The molecule has 0 aliphatic heterocycles. The first-order valence-electron chi connectivity index (χ1n) is 10.7. The van der Waals surface area contributed by atoms with E-state index in [1.165, 1.54) is 6.20 Å². The van der Waals surface area contributed by atoms with E-state index < -0.39 is 0 Å². The predicted molar refractivity (Wildman–Crippen MR) is 129 cm³/mol. The van der Waals surface area contributed by atoms with Crippen molar-refractivity contribution in [1.82, 2.24) is 47.8 Å². The Hall–Kier alpha value is -5.39. The van der Waals surface area contributed by atoms with Gasteiger partial charge in [-0.2, -0.15) is 0 Å². The maximum Gasteiger partial charge on any atom is 0.0994 e. The standard InChI is InChI=1S/C23H20N12/c24-1-2-30-18-19(31-8-3-25-13-31)21(33-10-5-27-15-33)23(35-12-7-29-17-35)22(34-11-6-28-16-34)20(18)32-9-4-26-14-32/h1-17,30H,24H2/b2-1-. The van der Waals surface area contributed by atoms with Crippen molar-refractivity contribution < 1.29 is 0 Å². The van der Waals surface area contributed by atoms with Crippen molar-refractivity contribution in [3.05, 3.63) is 106 Å². The number of rotatable bonds is 7. The quantitative estimate of drug-likeness (QED) is 0.371. The van der Waals surface area contributed by atoms with E-state index >= 15 is 0 Å². The maximum atomic E-state index is 5.76. The number of nitrogens with one attached hydrogen (secondary N) is 1. The number of imidazole rings is 5. The highest BCUT2D eigenvalue weighted by atomic mass is 15.2. The van der Waals surface area contributed by atoms with Crippen LogP contribution in [0, 0.1) is 0 Å². The summed E-state index contributed by atoms with van der Waals surface area (Å²) in [5.41, 5.74) is 10.7. The Balaban J connectivity index is 1.89. The molecule has 5 heterocycles. The van der Waals surface area contributed by atoms with Crippen LogP contribution in [0.2, 0.25) is 0 Å². The fourth-order valence-electron chi connectivity index (χ4n) is 4.15. The normalized spacial score (nSPS) is 11.4. The van der Waals surface area contributed by atoms with Crippen LogP contribution >= 0.6 is 0 Å². The zero-order valence-corrected chi connectivity index (χ0v) is 18.4. The molecule has 6 rings (SSSR count). The van der Waals surface area contributed by atoms with Crippen molar-refractivity contribution in [2.45, 2.75) is 0 Å². The van der Waals surface area contributed by atoms with Crippen molar-refractivity contribution in [2.75, 3.05) is 5.32 Å². The van der Waals surface area contributed by atoms with Gasteiger partial charge in [0.1, 0.15) is 0 Å². The molecule has 12 nitrogen and oxygen atoms in total. The van der Waals surface area contributed by atoms with E-state index in [9.17, 15) is 0 Å². The SMILES string of the molecule is N/C=C\Nc1c(-n2ccnc2)c(-n2ccnc2)c(-n2ccnc2)c(-n2ccnc2)c1-n1ccnc1. The summed E-state index contributed by atoms with van der Waals surface area (Å²) in [5, 5.41) is 3.39. The van der Waals surface area contributed by atoms with Gasteiger partial charge < -0.3 is 33.9 Å². The Morgan fingerprint density at radius 2 is 0.829 bits per heavy atom. The minimum absolute atomic E-state index is 0.763. The Labute approximate surface area is 199 Å². The Morgan fingerprint density at radius 1 is 0.514 bits per heavy atom. The third-order valence-electron chi connectivity index (χ3n) is 5.51. The average molecular weight is 464 g/mol. The molecule has 0 unspecified atom stereocenters. The lowest BCUT2D eigenvalue weighted by molar-refractivity contribution is 0.904. The molecular formula is C23H20N12. The van der Waals surface area contributed by atoms with Gasteiger partial charge in [-0.3, -0.25) is 0 Å². The van der Waals surface area contributed by atoms with E-state index in [4.69, 9.17) is 5.73 Å². The molecule has 6 aromatic rings. The zero-order chi connectivity index (χ0) is 23.6. The fourth-order valence-corrected chi connectivity index (χ4v) is 4.15. The van der Waals surface area contributed by atoms with Crippen LogP contribution in [0.3, 0.4) is 0 Å². The van der Waals surface area contributed by atoms with Gasteiger partial charge in [-0.1, -0.05) is 0 Å². The van der Waals surface area contributed by atoms with E-state index in [1.807, 2.05) is 53.8 Å². The maximum absolute atomic E-state index is 5.76. The van der Waals surface area contributed by atoms with Gasteiger partial charge in [-0.25, -0.2) is 24.9 Å². The largest absolute Gasteiger partial charge is 0.403 e. The van der Waals surface area contributed by atoms with Crippen molar-refractivity contribution >= 4 is 5.69 Å². The molecule has 0 fully saturated rings. The second-order valence-electron chi connectivity index (χ2n) is 7.47. The van der Waals surface area contributed by atoms with Gasteiger partial charge in [-0.05, 0) is 0 Å². The number of nitrogens with zero attached hydrogens (tertiary/aromatic N) is 10. The molecule has 0 amide bonds. The summed E-state index contributed by atoms with van der Waals surface area (Å²) in [6.07, 6.45) is 30.1. The molecule has 1 aromatic carbocycles. The van der Waals surface area contributed by atoms with E-state index in [0.29, 0.717) is 0 Å². The molecule has 0 radical (unpaired) electrons. The van der Waals surface area contributed by atoms with Gasteiger partial charge in [0.05, 0.1) is 65.8 Å². The highest BCUT2D eigenvalue weighted by Gasteiger charge is 2.29.